The first-order valence-electron chi connectivity index (χ1n) is 5.53. The van der Waals surface area contributed by atoms with Crippen molar-refractivity contribution in [3.05, 3.63) is 0 Å². The third-order valence-corrected chi connectivity index (χ3v) is 2.73. The number of nitrogens with one attached hydrogen (secondary N) is 1. The van der Waals surface area contributed by atoms with Crippen LogP contribution in [0.2, 0.25) is 0 Å². The van der Waals surface area contributed by atoms with Crippen molar-refractivity contribution in [2.45, 2.75) is 46.0 Å². The molecule has 0 radical (unpaired) electrons. The summed E-state index contributed by atoms with van der Waals surface area (Å²) < 4.78 is 0. The van der Waals surface area contributed by atoms with Crippen molar-refractivity contribution in [2.75, 3.05) is 13.1 Å². The highest BCUT2D eigenvalue weighted by atomic mass is 14.9. The first-order valence-corrected chi connectivity index (χ1v) is 5.53. The van der Waals surface area contributed by atoms with Crippen LogP contribution in [0.25, 0.3) is 0 Å². The largest absolute Gasteiger partial charge is 0.316 e. The molecule has 1 heteroatoms. The van der Waals surface area contributed by atoms with Gasteiger partial charge in [0.15, 0.2) is 0 Å². The Balaban J connectivity index is 1.80. The third-order valence-electron chi connectivity index (χ3n) is 2.73. The fraction of sp³-hybridized carbons (Fsp3) is 1.00. The molecule has 1 saturated carbocycles. The Hall–Kier alpha value is -0.0400. The second-order valence-corrected chi connectivity index (χ2v) is 4.33. The van der Waals surface area contributed by atoms with Crippen LogP contribution in [0.15, 0.2) is 0 Å². The maximum Gasteiger partial charge on any atom is -0.00205 e. The normalized spacial score (nSPS) is 19.5. The maximum atomic E-state index is 3.54. The molecule has 0 amide bonds. The molecular formula is C11H23N. The molecule has 1 N–H and O–H groups in total. The zero-order valence-corrected chi connectivity index (χ0v) is 8.60. The summed E-state index contributed by atoms with van der Waals surface area (Å²) in [5.41, 5.74) is 0. The summed E-state index contributed by atoms with van der Waals surface area (Å²) in [6, 6.07) is 0. The Morgan fingerprint density at radius 1 is 1.33 bits per heavy atom. The van der Waals surface area contributed by atoms with Gasteiger partial charge in [-0.3, -0.25) is 0 Å². The molecule has 1 rings (SSSR count). The Labute approximate surface area is 76.9 Å². The molecule has 0 aromatic heterocycles. The quantitative estimate of drug-likeness (QED) is 0.578. The second kappa shape index (κ2) is 5.58. The summed E-state index contributed by atoms with van der Waals surface area (Å²) in [6.45, 7) is 7.15. The highest BCUT2D eigenvalue weighted by Crippen LogP contribution is 2.27. The lowest BCUT2D eigenvalue weighted by molar-refractivity contribution is 0.461. The molecule has 0 aliphatic heterocycles. The smallest absolute Gasteiger partial charge is 0.00205 e. The first kappa shape index (κ1) is 10.0. The lowest BCUT2D eigenvalue weighted by Gasteiger charge is -2.09. The van der Waals surface area contributed by atoms with Crippen LogP contribution in [0.3, 0.4) is 0 Å². The molecule has 72 valence electrons. The highest BCUT2D eigenvalue weighted by Gasteiger charge is 2.19. The van der Waals surface area contributed by atoms with E-state index in [1.807, 2.05) is 0 Å². The van der Waals surface area contributed by atoms with Crippen molar-refractivity contribution in [2.24, 2.45) is 11.8 Å². The van der Waals surface area contributed by atoms with Gasteiger partial charge in [-0.05, 0) is 44.2 Å². The molecule has 1 nitrogen and oxygen atoms in total. The molecule has 0 aromatic carbocycles. The van der Waals surface area contributed by atoms with E-state index >= 15 is 0 Å². The van der Waals surface area contributed by atoms with Crippen LogP contribution in [0.1, 0.15) is 46.0 Å². The number of rotatable bonds is 7. The van der Waals surface area contributed by atoms with Gasteiger partial charge in [-0.15, -0.1) is 0 Å². The van der Waals surface area contributed by atoms with Crippen molar-refractivity contribution in [3.63, 3.8) is 0 Å². The fourth-order valence-corrected chi connectivity index (χ4v) is 1.61. The van der Waals surface area contributed by atoms with E-state index < -0.39 is 0 Å². The van der Waals surface area contributed by atoms with E-state index in [-0.39, 0.29) is 0 Å². The Morgan fingerprint density at radius 2 is 2.08 bits per heavy atom. The lowest BCUT2D eigenvalue weighted by Crippen LogP contribution is -2.19. The molecule has 1 aliphatic carbocycles. The van der Waals surface area contributed by atoms with Gasteiger partial charge in [-0.2, -0.15) is 0 Å². The van der Waals surface area contributed by atoms with Crippen molar-refractivity contribution in [3.8, 4) is 0 Å². The molecular weight excluding hydrogens is 146 g/mol. The van der Waals surface area contributed by atoms with E-state index in [2.05, 4.69) is 19.2 Å². The minimum Gasteiger partial charge on any atom is -0.316 e. The van der Waals surface area contributed by atoms with Crippen molar-refractivity contribution < 1.29 is 0 Å². The van der Waals surface area contributed by atoms with Crippen LogP contribution in [0.4, 0.5) is 0 Å². The zero-order valence-electron chi connectivity index (χ0n) is 8.60. The predicted molar refractivity (Wildman–Crippen MR) is 54.3 cm³/mol. The first-order chi connectivity index (χ1) is 5.83. The third kappa shape index (κ3) is 4.76. The van der Waals surface area contributed by atoms with E-state index in [1.165, 1.54) is 45.2 Å². The molecule has 0 aromatic rings. The van der Waals surface area contributed by atoms with Gasteiger partial charge in [0.1, 0.15) is 0 Å². The van der Waals surface area contributed by atoms with E-state index in [0.717, 1.165) is 11.8 Å². The summed E-state index contributed by atoms with van der Waals surface area (Å²) in [5, 5.41) is 3.54. The zero-order chi connectivity index (χ0) is 8.81. The van der Waals surface area contributed by atoms with E-state index in [1.54, 1.807) is 0 Å². The Kier molecular flexibility index (Phi) is 4.67. The number of hydrogen-bond acceptors (Lipinski definition) is 1. The van der Waals surface area contributed by atoms with Crippen molar-refractivity contribution in [1.29, 1.82) is 0 Å². The summed E-state index contributed by atoms with van der Waals surface area (Å²) >= 11 is 0. The Morgan fingerprint density at radius 3 is 2.67 bits per heavy atom. The summed E-state index contributed by atoms with van der Waals surface area (Å²) in [5.74, 6) is 1.95. The van der Waals surface area contributed by atoms with Crippen LogP contribution in [-0.4, -0.2) is 13.1 Å². The van der Waals surface area contributed by atoms with Gasteiger partial charge >= 0.3 is 0 Å². The maximum absolute atomic E-state index is 3.54. The highest BCUT2D eigenvalue weighted by molar-refractivity contribution is 4.75. The van der Waals surface area contributed by atoms with Crippen LogP contribution < -0.4 is 5.32 Å². The van der Waals surface area contributed by atoms with Gasteiger partial charge in [0, 0.05) is 0 Å². The molecule has 1 atom stereocenters. The van der Waals surface area contributed by atoms with E-state index in [0.29, 0.717) is 0 Å². The minimum atomic E-state index is 0.918. The number of hydrogen-bond donors (Lipinski definition) is 1. The standard InChI is InChI=1S/C11H23N/c1-3-4-10(2)7-8-12-9-11-5-6-11/h10-12H,3-9H2,1-2H3. The minimum absolute atomic E-state index is 0.918. The molecule has 0 spiro atoms. The molecule has 12 heavy (non-hydrogen) atoms. The molecule has 0 saturated heterocycles. The van der Waals surface area contributed by atoms with Crippen molar-refractivity contribution in [1.82, 2.24) is 5.32 Å². The second-order valence-electron chi connectivity index (χ2n) is 4.33. The van der Waals surface area contributed by atoms with Crippen LogP contribution >= 0.6 is 0 Å². The molecule has 1 fully saturated rings. The van der Waals surface area contributed by atoms with Gasteiger partial charge in [-0.1, -0.05) is 26.7 Å². The average Bonchev–Trinajstić information content (AvgIpc) is 2.82. The van der Waals surface area contributed by atoms with Crippen LogP contribution in [0, 0.1) is 11.8 Å². The van der Waals surface area contributed by atoms with Gasteiger partial charge in [-0.25, -0.2) is 0 Å². The van der Waals surface area contributed by atoms with Crippen LogP contribution in [0.5, 0.6) is 0 Å². The topological polar surface area (TPSA) is 12.0 Å². The molecule has 1 unspecified atom stereocenters. The average molecular weight is 169 g/mol. The summed E-state index contributed by atoms with van der Waals surface area (Å²) in [6.07, 6.45) is 7.03. The van der Waals surface area contributed by atoms with Gasteiger partial charge in [0.25, 0.3) is 0 Å². The Bertz CT molecular complexity index is 108. The van der Waals surface area contributed by atoms with Gasteiger partial charge in [0.2, 0.25) is 0 Å². The molecule has 0 heterocycles. The van der Waals surface area contributed by atoms with Gasteiger partial charge in [0.05, 0.1) is 0 Å². The SMILES string of the molecule is CCCC(C)CCNCC1CC1. The molecule has 1 aliphatic rings. The lowest BCUT2D eigenvalue weighted by atomic mass is 10.0. The summed E-state index contributed by atoms with van der Waals surface area (Å²) in [4.78, 5) is 0. The van der Waals surface area contributed by atoms with Gasteiger partial charge < -0.3 is 5.32 Å². The monoisotopic (exact) mass is 169 g/mol. The van der Waals surface area contributed by atoms with E-state index in [4.69, 9.17) is 0 Å². The predicted octanol–water partition coefficient (Wildman–Crippen LogP) is 2.81. The fourth-order valence-electron chi connectivity index (χ4n) is 1.61. The van der Waals surface area contributed by atoms with E-state index in [9.17, 15) is 0 Å². The van der Waals surface area contributed by atoms with Crippen LogP contribution in [-0.2, 0) is 0 Å². The molecule has 0 bridgehead atoms. The van der Waals surface area contributed by atoms with Crippen molar-refractivity contribution >= 4 is 0 Å². The summed E-state index contributed by atoms with van der Waals surface area (Å²) in [7, 11) is 0.